The molecule has 0 fully saturated rings. The molecular weight excluding hydrogens is 420 g/mol. The fraction of sp³-hybridized carbons (Fsp3) is 0.231. The van der Waals surface area contributed by atoms with E-state index in [-0.39, 0.29) is 11.8 Å². The molecule has 3 aromatic carbocycles. The van der Waals surface area contributed by atoms with Gasteiger partial charge in [-0.05, 0) is 55.3 Å². The molecule has 0 saturated carbocycles. The van der Waals surface area contributed by atoms with E-state index in [1.807, 2.05) is 92.7 Å². The maximum atomic E-state index is 13.3. The molecule has 1 unspecified atom stereocenters. The van der Waals surface area contributed by atoms with Crippen LogP contribution >= 0.6 is 11.8 Å². The standard InChI is InChI=1S/C26H28N2O3S/c1-3-10-24(29)27-20-15-17-21(18-16-20)32-25(19-11-6-5-7-12-19)26(30)28-22-13-8-9-14-23(22)31-4-2/h5-9,11-18,25H,3-4,10H2,1-2H3,(H,27,29)(H,28,30). The number of ether oxygens (including phenoxy) is 1. The molecular formula is C26H28N2O3S. The van der Waals surface area contributed by atoms with Crippen molar-refractivity contribution in [2.45, 2.75) is 36.8 Å². The summed E-state index contributed by atoms with van der Waals surface area (Å²) in [5.74, 6) is 0.517. The maximum absolute atomic E-state index is 13.3. The lowest BCUT2D eigenvalue weighted by Crippen LogP contribution is -2.19. The molecule has 0 saturated heterocycles. The first kappa shape index (κ1) is 23.4. The Morgan fingerprint density at radius 2 is 1.56 bits per heavy atom. The Labute approximate surface area is 193 Å². The van der Waals surface area contributed by atoms with E-state index >= 15 is 0 Å². The van der Waals surface area contributed by atoms with E-state index in [4.69, 9.17) is 4.74 Å². The van der Waals surface area contributed by atoms with Gasteiger partial charge < -0.3 is 15.4 Å². The number of carbonyl (C=O) groups is 2. The third-order valence-corrected chi connectivity index (χ3v) is 5.92. The van der Waals surface area contributed by atoms with Crippen molar-refractivity contribution in [3.63, 3.8) is 0 Å². The number of anilines is 2. The molecule has 32 heavy (non-hydrogen) atoms. The smallest absolute Gasteiger partial charge is 0.242 e. The molecule has 2 amide bonds. The highest BCUT2D eigenvalue weighted by molar-refractivity contribution is 8.00. The van der Waals surface area contributed by atoms with Crippen LogP contribution in [0.25, 0.3) is 0 Å². The van der Waals surface area contributed by atoms with Gasteiger partial charge in [-0.2, -0.15) is 0 Å². The van der Waals surface area contributed by atoms with Gasteiger partial charge in [0.05, 0.1) is 12.3 Å². The van der Waals surface area contributed by atoms with Gasteiger partial charge in [0.1, 0.15) is 11.0 Å². The van der Waals surface area contributed by atoms with Gasteiger partial charge in [0, 0.05) is 17.0 Å². The van der Waals surface area contributed by atoms with Gasteiger partial charge in [-0.15, -0.1) is 11.8 Å². The summed E-state index contributed by atoms with van der Waals surface area (Å²) in [5.41, 5.74) is 2.30. The van der Waals surface area contributed by atoms with Gasteiger partial charge in [0.15, 0.2) is 0 Å². The summed E-state index contributed by atoms with van der Waals surface area (Å²) in [5, 5.41) is 5.46. The first-order chi connectivity index (χ1) is 15.6. The second-order valence-corrected chi connectivity index (χ2v) is 8.33. The van der Waals surface area contributed by atoms with Crippen molar-refractivity contribution in [1.29, 1.82) is 0 Å². The minimum Gasteiger partial charge on any atom is -0.492 e. The number of thioether (sulfide) groups is 1. The van der Waals surface area contributed by atoms with E-state index < -0.39 is 5.25 Å². The summed E-state index contributed by atoms with van der Waals surface area (Å²) in [7, 11) is 0. The van der Waals surface area contributed by atoms with Crippen LogP contribution in [0.1, 0.15) is 37.5 Å². The van der Waals surface area contributed by atoms with Crippen LogP contribution in [0, 0.1) is 0 Å². The summed E-state index contributed by atoms with van der Waals surface area (Å²) >= 11 is 1.46. The predicted octanol–water partition coefficient (Wildman–Crippen LogP) is 6.30. The molecule has 6 heteroatoms. The predicted molar refractivity (Wildman–Crippen MR) is 131 cm³/mol. The van der Waals surface area contributed by atoms with Crippen molar-refractivity contribution in [2.75, 3.05) is 17.2 Å². The van der Waals surface area contributed by atoms with Crippen molar-refractivity contribution >= 4 is 35.0 Å². The van der Waals surface area contributed by atoms with E-state index in [2.05, 4.69) is 10.6 Å². The van der Waals surface area contributed by atoms with Crippen molar-refractivity contribution in [1.82, 2.24) is 0 Å². The van der Waals surface area contributed by atoms with Crippen LogP contribution in [0.5, 0.6) is 5.75 Å². The molecule has 0 heterocycles. The summed E-state index contributed by atoms with van der Waals surface area (Å²) in [6.45, 7) is 4.40. The maximum Gasteiger partial charge on any atom is 0.242 e. The normalized spacial score (nSPS) is 11.4. The van der Waals surface area contributed by atoms with Gasteiger partial charge in [0.2, 0.25) is 11.8 Å². The molecule has 3 aromatic rings. The number of amides is 2. The number of hydrogen-bond donors (Lipinski definition) is 2. The van der Waals surface area contributed by atoms with Crippen molar-refractivity contribution in [2.24, 2.45) is 0 Å². The first-order valence-electron chi connectivity index (χ1n) is 10.7. The fourth-order valence-electron chi connectivity index (χ4n) is 3.15. The topological polar surface area (TPSA) is 67.4 Å². The molecule has 2 N–H and O–H groups in total. The quantitative estimate of drug-likeness (QED) is 0.357. The Morgan fingerprint density at radius 3 is 2.25 bits per heavy atom. The van der Waals surface area contributed by atoms with Crippen LogP contribution in [-0.4, -0.2) is 18.4 Å². The molecule has 0 aromatic heterocycles. The van der Waals surface area contributed by atoms with E-state index in [9.17, 15) is 9.59 Å². The van der Waals surface area contributed by atoms with Crippen molar-refractivity contribution in [3.8, 4) is 5.75 Å². The Hall–Kier alpha value is -3.25. The van der Waals surface area contributed by atoms with E-state index in [0.717, 1.165) is 22.6 Å². The van der Waals surface area contributed by atoms with Crippen LogP contribution in [0.15, 0.2) is 83.8 Å². The average molecular weight is 449 g/mol. The van der Waals surface area contributed by atoms with Crippen LogP contribution in [-0.2, 0) is 9.59 Å². The lowest BCUT2D eigenvalue weighted by molar-refractivity contribution is -0.116. The zero-order valence-corrected chi connectivity index (χ0v) is 19.2. The van der Waals surface area contributed by atoms with Gasteiger partial charge in [-0.3, -0.25) is 9.59 Å². The van der Waals surface area contributed by atoms with Gasteiger partial charge in [0.25, 0.3) is 0 Å². The van der Waals surface area contributed by atoms with Crippen molar-refractivity contribution < 1.29 is 14.3 Å². The second-order valence-electron chi connectivity index (χ2n) is 7.15. The zero-order chi connectivity index (χ0) is 22.8. The molecule has 0 bridgehead atoms. The van der Waals surface area contributed by atoms with Crippen LogP contribution in [0.4, 0.5) is 11.4 Å². The number of carbonyl (C=O) groups excluding carboxylic acids is 2. The van der Waals surface area contributed by atoms with E-state index in [0.29, 0.717) is 24.5 Å². The SMILES string of the molecule is CCCC(=O)Nc1ccc(SC(C(=O)Nc2ccccc2OCC)c2ccccc2)cc1. The number of hydrogen-bond acceptors (Lipinski definition) is 4. The van der Waals surface area contributed by atoms with E-state index in [1.54, 1.807) is 0 Å². The molecule has 0 aliphatic heterocycles. The summed E-state index contributed by atoms with van der Waals surface area (Å²) in [6, 6.07) is 24.7. The Balaban J connectivity index is 1.78. The Bertz CT molecular complexity index is 1020. The number of benzene rings is 3. The fourth-order valence-corrected chi connectivity index (χ4v) is 4.18. The van der Waals surface area contributed by atoms with Crippen LogP contribution in [0.2, 0.25) is 0 Å². The van der Waals surface area contributed by atoms with Crippen LogP contribution < -0.4 is 15.4 Å². The minimum absolute atomic E-state index is 0.00223. The minimum atomic E-state index is -0.452. The van der Waals surface area contributed by atoms with Gasteiger partial charge in [-0.1, -0.05) is 49.4 Å². The van der Waals surface area contributed by atoms with Crippen molar-refractivity contribution in [3.05, 3.63) is 84.4 Å². The Kier molecular flexibility index (Phi) is 8.75. The molecule has 0 spiro atoms. The third-order valence-electron chi connectivity index (χ3n) is 4.65. The number of rotatable bonds is 10. The van der Waals surface area contributed by atoms with Gasteiger partial charge >= 0.3 is 0 Å². The first-order valence-corrected chi connectivity index (χ1v) is 11.6. The lowest BCUT2D eigenvalue weighted by Gasteiger charge is -2.18. The zero-order valence-electron chi connectivity index (χ0n) is 18.3. The molecule has 1 atom stereocenters. The monoisotopic (exact) mass is 448 g/mol. The second kappa shape index (κ2) is 12.0. The largest absolute Gasteiger partial charge is 0.492 e. The average Bonchev–Trinajstić information content (AvgIpc) is 2.80. The molecule has 0 aliphatic carbocycles. The number of para-hydroxylation sites is 2. The summed E-state index contributed by atoms with van der Waals surface area (Å²) in [4.78, 5) is 26.1. The molecule has 3 rings (SSSR count). The highest BCUT2D eigenvalue weighted by atomic mass is 32.2. The summed E-state index contributed by atoms with van der Waals surface area (Å²) < 4.78 is 5.65. The molecule has 166 valence electrons. The highest BCUT2D eigenvalue weighted by Gasteiger charge is 2.23. The highest BCUT2D eigenvalue weighted by Crippen LogP contribution is 2.37. The molecule has 0 radical (unpaired) electrons. The summed E-state index contributed by atoms with van der Waals surface area (Å²) in [6.07, 6.45) is 1.30. The lowest BCUT2D eigenvalue weighted by atomic mass is 10.1. The molecule has 0 aliphatic rings. The third kappa shape index (κ3) is 6.62. The Morgan fingerprint density at radius 1 is 0.875 bits per heavy atom. The molecule has 5 nitrogen and oxygen atoms in total. The van der Waals surface area contributed by atoms with Gasteiger partial charge in [-0.25, -0.2) is 0 Å². The van der Waals surface area contributed by atoms with Crippen LogP contribution in [0.3, 0.4) is 0 Å². The number of nitrogens with one attached hydrogen (secondary N) is 2. The van der Waals surface area contributed by atoms with E-state index in [1.165, 1.54) is 11.8 Å².